The number of aliphatic hydroxyl groups excluding tert-OH is 3. The molecule has 0 heterocycles. The van der Waals surface area contributed by atoms with Gasteiger partial charge >= 0.3 is 0 Å². The molecule has 15 heavy (non-hydrogen) atoms. The largest absolute Gasteiger partial charge is 0.398 e. The highest BCUT2D eigenvalue weighted by Gasteiger charge is 2.19. The number of nitrogens with two attached hydrogens (primary N) is 1. The first-order chi connectivity index (χ1) is 7.06. The molecule has 0 aliphatic heterocycles. The third-order valence-electron chi connectivity index (χ3n) is 2.16. The number of anilines is 1. The highest BCUT2D eigenvalue weighted by atomic mass is 19.1. The fraction of sp³-hybridized carbons (Fsp3) is 0.400. The van der Waals surface area contributed by atoms with Crippen LogP contribution in [0.1, 0.15) is 18.1 Å². The molecule has 1 rings (SSSR count). The van der Waals surface area contributed by atoms with E-state index in [1.807, 2.05) is 0 Å². The van der Waals surface area contributed by atoms with Gasteiger partial charge in [0, 0.05) is 17.9 Å². The lowest BCUT2D eigenvalue weighted by molar-refractivity contribution is 0.00457. The van der Waals surface area contributed by atoms with Crippen LogP contribution in [0.3, 0.4) is 0 Å². The quantitative estimate of drug-likeness (QED) is 0.540. The lowest BCUT2D eigenvalue weighted by Crippen LogP contribution is -2.20. The van der Waals surface area contributed by atoms with E-state index in [9.17, 15) is 14.6 Å². The van der Waals surface area contributed by atoms with E-state index in [4.69, 9.17) is 10.8 Å². The zero-order chi connectivity index (χ0) is 11.4. The summed E-state index contributed by atoms with van der Waals surface area (Å²) in [7, 11) is 0. The van der Waals surface area contributed by atoms with E-state index in [2.05, 4.69) is 0 Å². The standard InChI is InChI=1S/C10H14FNO3/c11-6-1-2-7(8(12)5-6)10(15)9(14)3-4-13/h1-2,5,9-10,13-15H,3-4,12H2. The Morgan fingerprint density at radius 3 is 2.53 bits per heavy atom. The number of aliphatic hydroxyl groups is 3. The van der Waals surface area contributed by atoms with Crippen molar-refractivity contribution in [2.75, 3.05) is 12.3 Å². The minimum Gasteiger partial charge on any atom is -0.398 e. The van der Waals surface area contributed by atoms with Crippen LogP contribution in [-0.4, -0.2) is 28.0 Å². The summed E-state index contributed by atoms with van der Waals surface area (Å²) in [5.41, 5.74) is 5.83. The van der Waals surface area contributed by atoms with Crippen molar-refractivity contribution in [3.8, 4) is 0 Å². The molecule has 2 atom stereocenters. The van der Waals surface area contributed by atoms with Gasteiger partial charge in [0.15, 0.2) is 0 Å². The Labute approximate surface area is 86.8 Å². The molecular formula is C10H14FNO3. The van der Waals surface area contributed by atoms with Gasteiger partial charge in [-0.15, -0.1) is 0 Å². The fourth-order valence-corrected chi connectivity index (χ4v) is 1.31. The topological polar surface area (TPSA) is 86.7 Å². The molecule has 4 nitrogen and oxygen atoms in total. The molecule has 1 aromatic carbocycles. The molecule has 0 fully saturated rings. The number of hydrogen-bond acceptors (Lipinski definition) is 4. The van der Waals surface area contributed by atoms with Crippen LogP contribution in [0.15, 0.2) is 18.2 Å². The van der Waals surface area contributed by atoms with Crippen LogP contribution in [0, 0.1) is 5.82 Å². The van der Waals surface area contributed by atoms with Gasteiger partial charge in [0.1, 0.15) is 11.9 Å². The molecule has 0 spiro atoms. The molecule has 0 aliphatic carbocycles. The molecule has 2 unspecified atom stereocenters. The van der Waals surface area contributed by atoms with Gasteiger partial charge < -0.3 is 21.1 Å². The maximum Gasteiger partial charge on any atom is 0.125 e. The van der Waals surface area contributed by atoms with E-state index in [-0.39, 0.29) is 24.3 Å². The normalized spacial score (nSPS) is 14.9. The number of nitrogen functional groups attached to an aromatic ring is 1. The van der Waals surface area contributed by atoms with Gasteiger partial charge in [-0.25, -0.2) is 4.39 Å². The summed E-state index contributed by atoms with van der Waals surface area (Å²) >= 11 is 0. The Morgan fingerprint density at radius 1 is 1.33 bits per heavy atom. The highest BCUT2D eigenvalue weighted by Crippen LogP contribution is 2.24. The molecule has 0 saturated carbocycles. The minimum atomic E-state index is -1.21. The van der Waals surface area contributed by atoms with Crippen molar-refractivity contribution < 1.29 is 19.7 Å². The van der Waals surface area contributed by atoms with Crippen LogP contribution in [0.2, 0.25) is 0 Å². The summed E-state index contributed by atoms with van der Waals surface area (Å²) in [5.74, 6) is -0.500. The van der Waals surface area contributed by atoms with Gasteiger partial charge in [-0.05, 0) is 18.6 Å². The third kappa shape index (κ3) is 2.89. The van der Waals surface area contributed by atoms with Crippen molar-refractivity contribution >= 4 is 5.69 Å². The van der Waals surface area contributed by atoms with Gasteiger partial charge in [0.2, 0.25) is 0 Å². The van der Waals surface area contributed by atoms with E-state index >= 15 is 0 Å². The van der Waals surface area contributed by atoms with Crippen molar-refractivity contribution in [2.45, 2.75) is 18.6 Å². The summed E-state index contributed by atoms with van der Waals surface area (Å²) in [6, 6.07) is 3.54. The van der Waals surface area contributed by atoms with E-state index in [1.54, 1.807) is 0 Å². The predicted octanol–water partition coefficient (Wildman–Crippen LogP) is 0.185. The summed E-state index contributed by atoms with van der Waals surface area (Å²) < 4.78 is 12.7. The molecular weight excluding hydrogens is 201 g/mol. The maximum atomic E-state index is 12.7. The van der Waals surface area contributed by atoms with Crippen LogP contribution in [-0.2, 0) is 0 Å². The lowest BCUT2D eigenvalue weighted by Gasteiger charge is -2.18. The Hall–Kier alpha value is -1.17. The third-order valence-corrected chi connectivity index (χ3v) is 2.16. The van der Waals surface area contributed by atoms with Gasteiger partial charge in [0.25, 0.3) is 0 Å². The fourth-order valence-electron chi connectivity index (χ4n) is 1.31. The van der Waals surface area contributed by atoms with E-state index in [0.717, 1.165) is 12.1 Å². The zero-order valence-electron chi connectivity index (χ0n) is 8.10. The molecule has 0 aromatic heterocycles. The number of halogens is 1. The Balaban J connectivity index is 2.86. The first-order valence-electron chi connectivity index (χ1n) is 4.58. The van der Waals surface area contributed by atoms with Crippen LogP contribution in [0.4, 0.5) is 10.1 Å². The second-order valence-electron chi connectivity index (χ2n) is 3.30. The Bertz CT molecular complexity index is 332. The molecule has 0 aliphatic rings. The summed E-state index contributed by atoms with van der Waals surface area (Å²) in [6.45, 7) is -0.237. The average molecular weight is 215 g/mol. The maximum absolute atomic E-state index is 12.7. The molecule has 1 aromatic rings. The summed E-state index contributed by atoms with van der Waals surface area (Å²) in [5, 5.41) is 27.6. The molecule has 84 valence electrons. The summed E-state index contributed by atoms with van der Waals surface area (Å²) in [6.07, 6.45) is -2.28. The number of hydrogen-bond donors (Lipinski definition) is 4. The van der Waals surface area contributed by atoms with E-state index in [1.165, 1.54) is 6.07 Å². The van der Waals surface area contributed by atoms with Crippen molar-refractivity contribution in [2.24, 2.45) is 0 Å². The molecule has 5 N–H and O–H groups in total. The predicted molar refractivity (Wildman–Crippen MR) is 53.5 cm³/mol. The van der Waals surface area contributed by atoms with Crippen molar-refractivity contribution in [1.82, 2.24) is 0 Å². The van der Waals surface area contributed by atoms with Crippen molar-refractivity contribution in [3.05, 3.63) is 29.6 Å². The van der Waals surface area contributed by atoms with Gasteiger partial charge in [-0.3, -0.25) is 0 Å². The number of rotatable bonds is 4. The highest BCUT2D eigenvalue weighted by molar-refractivity contribution is 5.48. The van der Waals surface area contributed by atoms with Crippen LogP contribution < -0.4 is 5.73 Å². The minimum absolute atomic E-state index is 0.0397. The average Bonchev–Trinajstić information content (AvgIpc) is 2.17. The zero-order valence-corrected chi connectivity index (χ0v) is 8.10. The second-order valence-corrected chi connectivity index (χ2v) is 3.30. The smallest absolute Gasteiger partial charge is 0.125 e. The van der Waals surface area contributed by atoms with Crippen molar-refractivity contribution in [3.63, 3.8) is 0 Å². The lowest BCUT2D eigenvalue weighted by atomic mass is 10.0. The second kappa shape index (κ2) is 5.06. The first kappa shape index (κ1) is 11.9. The molecule has 0 radical (unpaired) electrons. The van der Waals surface area contributed by atoms with E-state index in [0.29, 0.717) is 0 Å². The Morgan fingerprint density at radius 2 is 2.00 bits per heavy atom. The van der Waals surface area contributed by atoms with Crippen molar-refractivity contribution in [1.29, 1.82) is 0 Å². The molecule has 0 saturated heterocycles. The first-order valence-corrected chi connectivity index (χ1v) is 4.58. The monoisotopic (exact) mass is 215 g/mol. The SMILES string of the molecule is Nc1cc(F)ccc1C(O)C(O)CCO. The number of benzene rings is 1. The van der Waals surface area contributed by atoms with Crippen LogP contribution >= 0.6 is 0 Å². The summed E-state index contributed by atoms with van der Waals surface area (Å²) in [4.78, 5) is 0. The molecule has 0 bridgehead atoms. The van der Waals surface area contributed by atoms with Crippen LogP contribution in [0.25, 0.3) is 0 Å². The Kier molecular flexibility index (Phi) is 4.02. The van der Waals surface area contributed by atoms with Gasteiger partial charge in [-0.2, -0.15) is 0 Å². The van der Waals surface area contributed by atoms with Gasteiger partial charge in [0.05, 0.1) is 6.10 Å². The van der Waals surface area contributed by atoms with E-state index < -0.39 is 18.0 Å². The molecule has 0 amide bonds. The molecule has 5 heteroatoms. The van der Waals surface area contributed by atoms with Gasteiger partial charge in [-0.1, -0.05) is 6.07 Å². The van der Waals surface area contributed by atoms with Crippen LogP contribution in [0.5, 0.6) is 0 Å².